The number of carbonyl (C=O) groups is 1. The first kappa shape index (κ1) is 24.1. The van der Waals surface area contributed by atoms with Crippen LogP contribution in [-0.2, 0) is 27.7 Å². The van der Waals surface area contributed by atoms with E-state index in [0.717, 1.165) is 24.8 Å². The van der Waals surface area contributed by atoms with Crippen LogP contribution < -0.4 is 14.8 Å². The Morgan fingerprint density at radius 3 is 2.43 bits per heavy atom. The van der Waals surface area contributed by atoms with Gasteiger partial charge < -0.3 is 14.8 Å². The lowest BCUT2D eigenvalue weighted by Gasteiger charge is -2.31. The third-order valence-electron chi connectivity index (χ3n) is 7.41. The summed E-state index contributed by atoms with van der Waals surface area (Å²) < 4.78 is 39.2. The van der Waals surface area contributed by atoms with E-state index in [-0.39, 0.29) is 22.8 Å². The molecule has 1 aliphatic carbocycles. The molecule has 0 bridgehead atoms. The lowest BCUT2D eigenvalue weighted by molar-refractivity contribution is -0.126. The zero-order valence-electron chi connectivity index (χ0n) is 20.3. The Labute approximate surface area is 207 Å². The fraction of sp³-hybridized carbons (Fsp3) is 0.519. The highest BCUT2D eigenvalue weighted by atomic mass is 32.2. The molecular formula is C27H34N2O5S. The minimum Gasteiger partial charge on any atom is -0.490 e. The van der Waals surface area contributed by atoms with Gasteiger partial charge in [-0.1, -0.05) is 18.2 Å². The van der Waals surface area contributed by atoms with Crippen LogP contribution in [0.1, 0.15) is 61.8 Å². The van der Waals surface area contributed by atoms with Crippen LogP contribution >= 0.6 is 0 Å². The van der Waals surface area contributed by atoms with Crippen LogP contribution in [0.2, 0.25) is 0 Å². The summed E-state index contributed by atoms with van der Waals surface area (Å²) in [6, 6.07) is 11.3. The topological polar surface area (TPSA) is 84.9 Å². The van der Waals surface area contributed by atoms with Crippen molar-refractivity contribution in [1.29, 1.82) is 0 Å². The van der Waals surface area contributed by atoms with Gasteiger partial charge in [0.15, 0.2) is 11.5 Å². The van der Waals surface area contributed by atoms with E-state index in [1.165, 1.54) is 28.3 Å². The van der Waals surface area contributed by atoms with Crippen LogP contribution in [-0.4, -0.2) is 44.9 Å². The summed E-state index contributed by atoms with van der Waals surface area (Å²) in [7, 11) is -3.67. The molecule has 0 aromatic heterocycles. The van der Waals surface area contributed by atoms with Crippen molar-refractivity contribution in [2.24, 2.45) is 5.92 Å². The zero-order chi connectivity index (χ0) is 24.4. The molecule has 0 unspecified atom stereocenters. The molecule has 5 rings (SSSR count). The van der Waals surface area contributed by atoms with E-state index < -0.39 is 10.0 Å². The third kappa shape index (κ3) is 5.19. The summed E-state index contributed by atoms with van der Waals surface area (Å²) in [5.41, 5.74) is 3.97. The van der Waals surface area contributed by atoms with Gasteiger partial charge in [0, 0.05) is 31.5 Å². The van der Waals surface area contributed by atoms with Gasteiger partial charge in [-0.2, -0.15) is 4.31 Å². The highest BCUT2D eigenvalue weighted by Crippen LogP contribution is 2.34. The predicted molar refractivity (Wildman–Crippen MR) is 133 cm³/mol. The van der Waals surface area contributed by atoms with Crippen LogP contribution in [0, 0.1) is 5.92 Å². The Bertz CT molecular complexity index is 1190. The maximum atomic E-state index is 13.2. The van der Waals surface area contributed by atoms with Crippen molar-refractivity contribution in [3.63, 3.8) is 0 Å². The molecule has 188 valence electrons. The lowest BCUT2D eigenvalue weighted by Crippen LogP contribution is -2.43. The minimum atomic E-state index is -3.67. The Morgan fingerprint density at radius 2 is 1.66 bits per heavy atom. The maximum absolute atomic E-state index is 13.2. The number of hydrogen-bond donors (Lipinski definition) is 1. The van der Waals surface area contributed by atoms with E-state index in [0.29, 0.717) is 50.6 Å². The average Bonchev–Trinajstić information content (AvgIpc) is 3.13. The van der Waals surface area contributed by atoms with E-state index in [2.05, 4.69) is 23.5 Å². The van der Waals surface area contributed by atoms with Crippen molar-refractivity contribution in [2.75, 3.05) is 26.3 Å². The number of rotatable bonds is 5. The number of sulfonamides is 1. The largest absolute Gasteiger partial charge is 0.490 e. The van der Waals surface area contributed by atoms with Gasteiger partial charge in [-0.25, -0.2) is 8.42 Å². The quantitative estimate of drug-likeness (QED) is 0.674. The second-order valence-electron chi connectivity index (χ2n) is 9.80. The number of aryl methyl sites for hydroxylation is 2. The van der Waals surface area contributed by atoms with Crippen LogP contribution in [0.4, 0.5) is 0 Å². The second-order valence-corrected chi connectivity index (χ2v) is 11.7. The number of piperidine rings is 1. The first-order chi connectivity index (χ1) is 16.9. The predicted octanol–water partition coefficient (Wildman–Crippen LogP) is 4.00. The lowest BCUT2D eigenvalue weighted by atomic mass is 9.89. The van der Waals surface area contributed by atoms with E-state index >= 15 is 0 Å². The normalized spacial score (nSPS) is 19.9. The molecular weight excluding hydrogens is 464 g/mol. The molecule has 0 radical (unpaired) electrons. The second kappa shape index (κ2) is 10.2. The smallest absolute Gasteiger partial charge is 0.243 e. The number of ether oxygens (including phenoxy) is 2. The highest BCUT2D eigenvalue weighted by Gasteiger charge is 2.33. The number of nitrogens with one attached hydrogen (secondary N) is 1. The molecule has 3 aliphatic rings. The summed E-state index contributed by atoms with van der Waals surface area (Å²) >= 11 is 0. The molecule has 1 saturated heterocycles. The number of nitrogens with zero attached hydrogens (tertiary/aromatic N) is 1. The Hall–Kier alpha value is -2.58. The fourth-order valence-corrected chi connectivity index (χ4v) is 6.73. The molecule has 7 nitrogen and oxygen atoms in total. The maximum Gasteiger partial charge on any atom is 0.243 e. The molecule has 2 aromatic rings. The molecule has 35 heavy (non-hydrogen) atoms. The van der Waals surface area contributed by atoms with E-state index in [1.807, 2.05) is 6.92 Å². The van der Waals surface area contributed by atoms with Gasteiger partial charge in [0.1, 0.15) is 0 Å². The molecule has 0 spiro atoms. The number of carbonyl (C=O) groups excluding carboxylic acids is 1. The van der Waals surface area contributed by atoms with Crippen LogP contribution in [0.15, 0.2) is 41.3 Å². The Kier molecular flexibility index (Phi) is 7.02. The first-order valence-corrected chi connectivity index (χ1v) is 14.2. The number of benzene rings is 2. The van der Waals surface area contributed by atoms with Crippen molar-refractivity contribution in [3.05, 3.63) is 53.1 Å². The van der Waals surface area contributed by atoms with Crippen LogP contribution in [0.3, 0.4) is 0 Å². The minimum absolute atomic E-state index is 0.00264. The van der Waals surface area contributed by atoms with Crippen molar-refractivity contribution < 1.29 is 22.7 Å². The first-order valence-electron chi connectivity index (χ1n) is 12.7. The average molecular weight is 499 g/mol. The highest BCUT2D eigenvalue weighted by molar-refractivity contribution is 7.89. The zero-order valence-corrected chi connectivity index (χ0v) is 21.1. The molecule has 0 saturated carbocycles. The van der Waals surface area contributed by atoms with Gasteiger partial charge in [-0.15, -0.1) is 0 Å². The van der Waals surface area contributed by atoms with Crippen molar-refractivity contribution >= 4 is 15.9 Å². The van der Waals surface area contributed by atoms with Crippen molar-refractivity contribution in [3.8, 4) is 11.5 Å². The summed E-state index contributed by atoms with van der Waals surface area (Å²) in [5.74, 6) is 0.854. The SMILES string of the molecule is C[C@H](NC(=O)C1CCN(S(=O)(=O)c2ccc3c(c2)OCCCO3)CC1)c1ccc2c(c1)CCCC2. The molecule has 1 amide bonds. The molecule has 2 aliphatic heterocycles. The summed E-state index contributed by atoms with van der Waals surface area (Å²) in [6.45, 7) is 3.72. The molecule has 1 atom stereocenters. The van der Waals surface area contributed by atoms with Crippen molar-refractivity contribution in [1.82, 2.24) is 9.62 Å². The summed E-state index contributed by atoms with van der Waals surface area (Å²) in [5, 5.41) is 3.16. The van der Waals surface area contributed by atoms with Crippen molar-refractivity contribution in [2.45, 2.75) is 62.8 Å². The van der Waals surface area contributed by atoms with Gasteiger partial charge in [0.25, 0.3) is 0 Å². The number of amides is 1. The fourth-order valence-electron chi connectivity index (χ4n) is 5.25. The van der Waals surface area contributed by atoms with E-state index in [9.17, 15) is 13.2 Å². The molecule has 2 aromatic carbocycles. The molecule has 8 heteroatoms. The number of fused-ring (bicyclic) bond motifs is 2. The summed E-state index contributed by atoms with van der Waals surface area (Å²) in [4.78, 5) is 13.2. The molecule has 1 N–H and O–H groups in total. The van der Waals surface area contributed by atoms with Crippen LogP contribution in [0.5, 0.6) is 11.5 Å². The van der Waals surface area contributed by atoms with E-state index in [1.54, 1.807) is 18.2 Å². The standard InChI is InChI=1S/C27H34N2O5S/c1-19(22-8-7-20-5-2-3-6-23(20)17-22)28-27(30)21-11-13-29(14-12-21)35(31,32)24-9-10-25-26(18-24)34-16-4-15-33-25/h7-10,17-19,21H,2-6,11-16H2,1H3,(H,28,30)/t19-/m0/s1. The summed E-state index contributed by atoms with van der Waals surface area (Å²) in [6.07, 6.45) is 6.51. The van der Waals surface area contributed by atoms with Crippen LogP contribution in [0.25, 0.3) is 0 Å². The van der Waals surface area contributed by atoms with Gasteiger partial charge in [-0.3, -0.25) is 4.79 Å². The third-order valence-corrected chi connectivity index (χ3v) is 9.31. The van der Waals surface area contributed by atoms with Gasteiger partial charge in [0.05, 0.1) is 24.2 Å². The Balaban J connectivity index is 1.19. The molecule has 2 heterocycles. The van der Waals surface area contributed by atoms with E-state index in [4.69, 9.17) is 9.47 Å². The van der Waals surface area contributed by atoms with Gasteiger partial charge >= 0.3 is 0 Å². The Morgan fingerprint density at radius 1 is 0.943 bits per heavy atom. The monoisotopic (exact) mass is 498 g/mol. The number of hydrogen-bond acceptors (Lipinski definition) is 5. The van der Waals surface area contributed by atoms with Gasteiger partial charge in [-0.05, 0) is 74.3 Å². The molecule has 1 fully saturated rings. The van der Waals surface area contributed by atoms with Gasteiger partial charge in [0.2, 0.25) is 15.9 Å².